The van der Waals surface area contributed by atoms with Crippen LogP contribution in [0.3, 0.4) is 0 Å². The summed E-state index contributed by atoms with van der Waals surface area (Å²) in [6.45, 7) is 2.13. The van der Waals surface area contributed by atoms with Gasteiger partial charge in [0.25, 0.3) is 0 Å². The summed E-state index contributed by atoms with van der Waals surface area (Å²) in [7, 11) is 0. The van der Waals surface area contributed by atoms with Crippen LogP contribution in [0.15, 0.2) is 66.7 Å². The van der Waals surface area contributed by atoms with Crippen molar-refractivity contribution in [3.05, 3.63) is 83.4 Å². The third-order valence-electron chi connectivity index (χ3n) is 4.56. The highest BCUT2D eigenvalue weighted by atomic mass is 16.5. The molecule has 0 aliphatic carbocycles. The predicted molar refractivity (Wildman–Crippen MR) is 106 cm³/mol. The number of carbonyl (C=O) groups is 1. The van der Waals surface area contributed by atoms with E-state index in [9.17, 15) is 4.79 Å². The minimum absolute atomic E-state index is 0.377. The van der Waals surface area contributed by atoms with Crippen molar-refractivity contribution in [2.75, 3.05) is 0 Å². The number of ether oxygens (including phenoxy) is 1. The van der Waals surface area contributed by atoms with Crippen LogP contribution in [0.2, 0.25) is 0 Å². The quantitative estimate of drug-likeness (QED) is 0.561. The maximum Gasteiger partial charge on any atom is 0.409 e. The summed E-state index contributed by atoms with van der Waals surface area (Å²) in [5.74, 6) is 1.14. The number of rotatable bonds is 4. The molecule has 0 bridgehead atoms. The number of nitrogens with zero attached hydrogens (tertiary/aromatic N) is 1. The van der Waals surface area contributed by atoms with Gasteiger partial charge in [-0.2, -0.15) is 0 Å². The van der Waals surface area contributed by atoms with Crippen molar-refractivity contribution >= 4 is 17.1 Å². The number of primary amides is 1. The summed E-state index contributed by atoms with van der Waals surface area (Å²) >= 11 is 0. The van der Waals surface area contributed by atoms with Crippen LogP contribution in [0.5, 0.6) is 5.75 Å². The number of amides is 1. The van der Waals surface area contributed by atoms with Crippen molar-refractivity contribution in [2.45, 2.75) is 13.3 Å². The van der Waals surface area contributed by atoms with E-state index in [2.05, 4.69) is 65.4 Å². The highest BCUT2D eigenvalue weighted by molar-refractivity contribution is 5.81. The van der Waals surface area contributed by atoms with Gasteiger partial charge in [-0.05, 0) is 42.2 Å². The van der Waals surface area contributed by atoms with Gasteiger partial charge in [0, 0.05) is 11.6 Å². The van der Waals surface area contributed by atoms with Gasteiger partial charge >= 0.3 is 6.09 Å². The lowest BCUT2D eigenvalue weighted by atomic mass is 10.00. The molecule has 1 aromatic heterocycles. The predicted octanol–water partition coefficient (Wildman–Crippen LogP) is 4.59. The Hall–Kier alpha value is -3.60. The minimum Gasteiger partial charge on any atom is -0.410 e. The number of hydrogen-bond acceptors (Lipinski definition) is 3. The van der Waals surface area contributed by atoms with Crippen molar-refractivity contribution in [1.29, 1.82) is 0 Å². The van der Waals surface area contributed by atoms with Crippen LogP contribution >= 0.6 is 0 Å². The Morgan fingerprint density at radius 1 is 1.07 bits per heavy atom. The van der Waals surface area contributed by atoms with Crippen LogP contribution < -0.4 is 10.5 Å². The third kappa shape index (κ3) is 3.67. The van der Waals surface area contributed by atoms with Crippen molar-refractivity contribution in [3.8, 4) is 17.1 Å². The average molecular weight is 357 g/mol. The van der Waals surface area contributed by atoms with Crippen LogP contribution in [0, 0.1) is 6.92 Å². The molecule has 5 nitrogen and oxygen atoms in total. The standard InChI is InChI=1S/C22H19N3O2/c1-14-4-2-3-5-17(14)12-15-6-8-16(9-7-15)21-24-19-11-10-18(27-22(23)26)13-20(19)25-21/h2-11,13H,12H2,1H3,(H2,23,26)(H,24,25). The van der Waals surface area contributed by atoms with Crippen molar-refractivity contribution < 1.29 is 9.53 Å². The SMILES string of the molecule is Cc1ccccc1Cc1ccc(-c2nc3cc(OC(N)=O)ccc3[nH]2)cc1. The van der Waals surface area contributed by atoms with E-state index in [0.717, 1.165) is 23.3 Å². The molecule has 1 heterocycles. The molecule has 0 saturated carbocycles. The number of nitrogens with one attached hydrogen (secondary N) is 1. The Bertz CT molecular complexity index is 1110. The molecule has 5 heteroatoms. The largest absolute Gasteiger partial charge is 0.410 e. The minimum atomic E-state index is -0.839. The Labute approximate surface area is 156 Å². The van der Waals surface area contributed by atoms with Crippen molar-refractivity contribution in [3.63, 3.8) is 0 Å². The number of hydrogen-bond donors (Lipinski definition) is 2. The molecule has 0 aliphatic heterocycles. The van der Waals surface area contributed by atoms with Crippen molar-refractivity contribution in [2.24, 2.45) is 5.73 Å². The molecule has 0 spiro atoms. The first-order chi connectivity index (χ1) is 13.1. The van der Waals surface area contributed by atoms with E-state index in [1.807, 2.05) is 6.07 Å². The summed E-state index contributed by atoms with van der Waals surface area (Å²) in [6, 6.07) is 22.0. The molecule has 1 amide bonds. The summed E-state index contributed by atoms with van der Waals surface area (Å²) in [6.07, 6.45) is 0.0651. The lowest BCUT2D eigenvalue weighted by Crippen LogP contribution is -2.16. The lowest BCUT2D eigenvalue weighted by Gasteiger charge is -2.06. The van der Waals surface area contributed by atoms with E-state index < -0.39 is 6.09 Å². The van der Waals surface area contributed by atoms with Gasteiger partial charge < -0.3 is 15.5 Å². The molecule has 3 N–H and O–H groups in total. The van der Waals surface area contributed by atoms with Gasteiger partial charge in [-0.3, -0.25) is 0 Å². The fraction of sp³-hybridized carbons (Fsp3) is 0.0909. The number of carbonyl (C=O) groups excluding carboxylic acids is 1. The summed E-state index contributed by atoms with van der Waals surface area (Å²) < 4.78 is 4.90. The van der Waals surface area contributed by atoms with Crippen LogP contribution in [0.4, 0.5) is 4.79 Å². The maximum absolute atomic E-state index is 10.9. The zero-order valence-electron chi connectivity index (χ0n) is 14.9. The number of nitrogens with two attached hydrogens (primary N) is 1. The van der Waals surface area contributed by atoms with Crippen molar-refractivity contribution in [1.82, 2.24) is 9.97 Å². The Balaban J connectivity index is 1.58. The highest BCUT2D eigenvalue weighted by Gasteiger charge is 2.08. The lowest BCUT2D eigenvalue weighted by molar-refractivity contribution is 0.211. The smallest absolute Gasteiger partial charge is 0.409 e. The number of H-pyrrole nitrogens is 1. The first-order valence-electron chi connectivity index (χ1n) is 8.69. The van der Waals surface area contributed by atoms with E-state index in [1.165, 1.54) is 16.7 Å². The van der Waals surface area contributed by atoms with E-state index in [1.54, 1.807) is 12.1 Å². The monoisotopic (exact) mass is 357 g/mol. The molecule has 4 aromatic rings. The molecular formula is C22H19N3O2. The molecule has 0 unspecified atom stereocenters. The molecule has 0 saturated heterocycles. The summed E-state index contributed by atoms with van der Waals surface area (Å²) in [5.41, 5.74) is 11.5. The second kappa shape index (κ2) is 6.96. The molecule has 134 valence electrons. The second-order valence-corrected chi connectivity index (χ2v) is 6.49. The van der Waals surface area contributed by atoms with Gasteiger partial charge in [-0.25, -0.2) is 9.78 Å². The van der Waals surface area contributed by atoms with E-state index in [0.29, 0.717) is 11.3 Å². The average Bonchev–Trinajstić information content (AvgIpc) is 3.07. The highest BCUT2D eigenvalue weighted by Crippen LogP contribution is 2.25. The van der Waals surface area contributed by atoms with Gasteiger partial charge in [-0.1, -0.05) is 48.5 Å². The molecule has 0 aliphatic rings. The first-order valence-corrected chi connectivity index (χ1v) is 8.69. The number of aromatic amines is 1. The maximum atomic E-state index is 10.9. The molecule has 0 radical (unpaired) electrons. The molecule has 0 fully saturated rings. The zero-order valence-corrected chi connectivity index (χ0v) is 14.9. The Morgan fingerprint density at radius 2 is 1.85 bits per heavy atom. The topological polar surface area (TPSA) is 81.0 Å². The summed E-state index contributed by atoms with van der Waals surface area (Å²) in [4.78, 5) is 18.8. The molecule has 3 aromatic carbocycles. The number of aromatic nitrogens is 2. The van der Waals surface area contributed by atoms with Crippen LogP contribution in [-0.2, 0) is 6.42 Å². The van der Waals surface area contributed by atoms with E-state index in [4.69, 9.17) is 10.5 Å². The molecule has 4 rings (SSSR count). The number of fused-ring (bicyclic) bond motifs is 1. The van der Waals surface area contributed by atoms with E-state index >= 15 is 0 Å². The zero-order chi connectivity index (χ0) is 18.8. The van der Waals surface area contributed by atoms with Crippen LogP contribution in [0.25, 0.3) is 22.4 Å². The number of aryl methyl sites for hydroxylation is 1. The normalized spacial score (nSPS) is 10.9. The van der Waals surface area contributed by atoms with Gasteiger partial charge in [0.15, 0.2) is 0 Å². The summed E-state index contributed by atoms with van der Waals surface area (Å²) in [5, 5.41) is 0. The van der Waals surface area contributed by atoms with Gasteiger partial charge in [-0.15, -0.1) is 0 Å². The van der Waals surface area contributed by atoms with E-state index in [-0.39, 0.29) is 0 Å². The molecular weight excluding hydrogens is 338 g/mol. The van der Waals surface area contributed by atoms with Crippen LogP contribution in [-0.4, -0.2) is 16.1 Å². The fourth-order valence-electron chi connectivity index (χ4n) is 3.11. The Morgan fingerprint density at radius 3 is 2.59 bits per heavy atom. The van der Waals surface area contributed by atoms with Crippen LogP contribution in [0.1, 0.15) is 16.7 Å². The fourth-order valence-corrected chi connectivity index (χ4v) is 3.11. The molecule has 27 heavy (non-hydrogen) atoms. The number of benzene rings is 3. The Kier molecular flexibility index (Phi) is 4.34. The molecule has 0 atom stereocenters. The number of imidazole rings is 1. The van der Waals surface area contributed by atoms with Gasteiger partial charge in [0.05, 0.1) is 11.0 Å². The second-order valence-electron chi connectivity index (χ2n) is 6.49. The van der Waals surface area contributed by atoms with Gasteiger partial charge in [0.1, 0.15) is 11.6 Å². The third-order valence-corrected chi connectivity index (χ3v) is 4.56. The van der Waals surface area contributed by atoms with Gasteiger partial charge in [0.2, 0.25) is 0 Å². The first kappa shape index (κ1) is 16.8.